The normalized spacial score (nSPS) is 15.7. The molecule has 1 aliphatic heterocycles. The lowest BCUT2D eigenvalue weighted by molar-refractivity contribution is -0.122. The van der Waals surface area contributed by atoms with Crippen LogP contribution in [0.3, 0.4) is 0 Å². The van der Waals surface area contributed by atoms with Crippen LogP contribution in [-0.2, 0) is 9.59 Å². The van der Waals surface area contributed by atoms with Gasteiger partial charge in [-0.05, 0) is 54.8 Å². The Kier molecular flexibility index (Phi) is 6.25. The number of urea groups is 1. The second-order valence-corrected chi connectivity index (χ2v) is 7.19. The van der Waals surface area contributed by atoms with Crippen LogP contribution in [0.25, 0.3) is 6.08 Å². The average molecular weight is 433 g/mol. The van der Waals surface area contributed by atoms with Crippen molar-refractivity contribution >= 4 is 52.8 Å². The van der Waals surface area contributed by atoms with E-state index in [1.807, 2.05) is 6.92 Å². The van der Waals surface area contributed by atoms with Gasteiger partial charge in [0.05, 0.1) is 17.3 Å². The fraction of sp³-hybridized carbons (Fsp3) is 0.190. The molecule has 6 nitrogen and oxygen atoms in total. The van der Waals surface area contributed by atoms with Crippen LogP contribution in [0, 0.1) is 6.92 Å². The molecule has 0 saturated carbocycles. The number of carbonyl (C=O) groups excluding carboxylic acids is 3. The number of carbonyl (C=O) groups is 3. The van der Waals surface area contributed by atoms with Gasteiger partial charge in [-0.25, -0.2) is 9.69 Å². The number of nitrogens with one attached hydrogen (secondary N) is 1. The third-order valence-corrected chi connectivity index (χ3v) is 5.02. The van der Waals surface area contributed by atoms with Crippen LogP contribution >= 0.6 is 23.2 Å². The fourth-order valence-electron chi connectivity index (χ4n) is 2.82. The topological polar surface area (TPSA) is 75.7 Å². The maximum absolute atomic E-state index is 13.0. The van der Waals surface area contributed by atoms with Crippen LogP contribution in [-0.4, -0.2) is 24.5 Å². The number of barbiturate groups is 1. The van der Waals surface area contributed by atoms with Crippen LogP contribution in [0.2, 0.25) is 10.0 Å². The number of imide groups is 2. The van der Waals surface area contributed by atoms with Crippen molar-refractivity contribution in [2.75, 3.05) is 11.5 Å². The van der Waals surface area contributed by atoms with Crippen LogP contribution in [0.5, 0.6) is 5.75 Å². The van der Waals surface area contributed by atoms with Gasteiger partial charge in [0.2, 0.25) is 0 Å². The molecule has 3 rings (SSSR count). The molecule has 0 spiro atoms. The molecule has 1 heterocycles. The van der Waals surface area contributed by atoms with Crippen molar-refractivity contribution < 1.29 is 19.1 Å². The summed E-state index contributed by atoms with van der Waals surface area (Å²) in [5, 5.41) is 2.95. The summed E-state index contributed by atoms with van der Waals surface area (Å²) in [6, 6.07) is 8.96. The maximum Gasteiger partial charge on any atom is 0.335 e. The lowest BCUT2D eigenvalue weighted by Gasteiger charge is -2.27. The van der Waals surface area contributed by atoms with Crippen molar-refractivity contribution in [2.45, 2.75) is 20.3 Å². The summed E-state index contributed by atoms with van der Waals surface area (Å²) in [4.78, 5) is 38.5. The first-order valence-corrected chi connectivity index (χ1v) is 9.68. The summed E-state index contributed by atoms with van der Waals surface area (Å²) in [7, 11) is 0. The highest BCUT2D eigenvalue weighted by Crippen LogP contribution is 2.30. The Morgan fingerprint density at radius 3 is 2.55 bits per heavy atom. The number of anilines is 1. The molecule has 1 aliphatic rings. The lowest BCUT2D eigenvalue weighted by atomic mass is 10.1. The number of benzene rings is 2. The first kappa shape index (κ1) is 20.9. The van der Waals surface area contributed by atoms with Gasteiger partial charge in [-0.2, -0.15) is 0 Å². The predicted octanol–water partition coefficient (Wildman–Crippen LogP) is 4.76. The Morgan fingerprint density at radius 1 is 1.10 bits per heavy atom. The zero-order valence-electron chi connectivity index (χ0n) is 15.8. The van der Waals surface area contributed by atoms with Crippen molar-refractivity contribution in [3.63, 3.8) is 0 Å². The van der Waals surface area contributed by atoms with Gasteiger partial charge < -0.3 is 4.74 Å². The number of ether oxygens (including phenoxy) is 1. The first-order valence-electron chi connectivity index (χ1n) is 8.92. The molecule has 4 amide bonds. The number of nitrogens with zero attached hydrogens (tertiary/aromatic N) is 1. The minimum absolute atomic E-state index is 0.192. The smallest absolute Gasteiger partial charge is 0.335 e. The molecule has 29 heavy (non-hydrogen) atoms. The van der Waals surface area contributed by atoms with E-state index in [1.54, 1.807) is 43.3 Å². The summed E-state index contributed by atoms with van der Waals surface area (Å²) >= 11 is 12.3. The SMILES string of the molecule is CCCOc1ccc(/C=C2\C(=O)NC(=O)N(c3cccc(Cl)c3C)C2=O)cc1Cl. The van der Waals surface area contributed by atoms with Gasteiger partial charge in [-0.3, -0.25) is 14.9 Å². The van der Waals surface area contributed by atoms with Gasteiger partial charge in [-0.15, -0.1) is 0 Å². The van der Waals surface area contributed by atoms with E-state index in [0.29, 0.717) is 39.2 Å². The Labute approximate surface area is 178 Å². The molecule has 0 radical (unpaired) electrons. The third-order valence-electron chi connectivity index (χ3n) is 4.31. The highest BCUT2D eigenvalue weighted by Gasteiger charge is 2.37. The van der Waals surface area contributed by atoms with E-state index < -0.39 is 17.8 Å². The van der Waals surface area contributed by atoms with Crippen LogP contribution < -0.4 is 15.0 Å². The summed E-state index contributed by atoms with van der Waals surface area (Å²) in [6.07, 6.45) is 2.22. The zero-order chi connectivity index (χ0) is 21.1. The highest BCUT2D eigenvalue weighted by molar-refractivity contribution is 6.40. The molecule has 1 saturated heterocycles. The van der Waals surface area contributed by atoms with Gasteiger partial charge >= 0.3 is 6.03 Å². The van der Waals surface area contributed by atoms with Crippen molar-refractivity contribution in [2.24, 2.45) is 0 Å². The van der Waals surface area contributed by atoms with E-state index >= 15 is 0 Å². The summed E-state index contributed by atoms with van der Waals surface area (Å²) < 4.78 is 5.52. The molecule has 8 heteroatoms. The van der Waals surface area contributed by atoms with E-state index in [9.17, 15) is 14.4 Å². The van der Waals surface area contributed by atoms with E-state index in [4.69, 9.17) is 27.9 Å². The van der Waals surface area contributed by atoms with Gasteiger partial charge in [0.25, 0.3) is 11.8 Å². The van der Waals surface area contributed by atoms with Gasteiger partial charge in [0.1, 0.15) is 11.3 Å². The summed E-state index contributed by atoms with van der Waals surface area (Å²) in [5.74, 6) is -1.01. The second kappa shape index (κ2) is 8.68. The fourth-order valence-corrected chi connectivity index (χ4v) is 3.23. The third kappa shape index (κ3) is 4.28. The average Bonchev–Trinajstić information content (AvgIpc) is 2.67. The minimum Gasteiger partial charge on any atom is -0.492 e. The number of hydrogen-bond donors (Lipinski definition) is 1. The molecule has 2 aromatic carbocycles. The molecule has 0 aromatic heterocycles. The highest BCUT2D eigenvalue weighted by atomic mass is 35.5. The zero-order valence-corrected chi connectivity index (χ0v) is 17.3. The summed E-state index contributed by atoms with van der Waals surface area (Å²) in [6.45, 7) is 4.19. The number of amides is 4. The maximum atomic E-state index is 13.0. The van der Waals surface area contributed by atoms with E-state index in [0.717, 1.165) is 11.3 Å². The van der Waals surface area contributed by atoms with Crippen LogP contribution in [0.1, 0.15) is 24.5 Å². The van der Waals surface area contributed by atoms with E-state index in [2.05, 4.69) is 5.32 Å². The van der Waals surface area contributed by atoms with Crippen LogP contribution in [0.15, 0.2) is 42.0 Å². The van der Waals surface area contributed by atoms with Gasteiger partial charge in [0, 0.05) is 5.02 Å². The standard InChI is InChI=1S/C21H18Cl2N2O4/c1-3-9-29-18-8-7-13(11-16(18)23)10-14-19(26)24-21(28)25(20(14)27)17-6-4-5-15(22)12(17)2/h4-8,10-11H,3,9H2,1-2H3,(H,24,26,28)/b14-10+. The molecule has 1 N–H and O–H groups in total. The monoisotopic (exact) mass is 432 g/mol. The van der Waals surface area contributed by atoms with Crippen molar-refractivity contribution in [3.8, 4) is 5.75 Å². The number of halogens is 2. The Hall–Kier alpha value is -2.83. The molecular formula is C21H18Cl2N2O4. The predicted molar refractivity (Wildman–Crippen MR) is 112 cm³/mol. The molecule has 2 aromatic rings. The van der Waals surface area contributed by atoms with Crippen molar-refractivity contribution in [3.05, 3.63) is 63.1 Å². The molecule has 1 fully saturated rings. The largest absolute Gasteiger partial charge is 0.492 e. The van der Waals surface area contributed by atoms with Crippen molar-refractivity contribution in [1.82, 2.24) is 5.32 Å². The second-order valence-electron chi connectivity index (χ2n) is 6.38. The summed E-state index contributed by atoms with van der Waals surface area (Å²) in [5.41, 5.74) is 1.18. The molecule has 0 unspecified atom stereocenters. The Morgan fingerprint density at radius 2 is 1.86 bits per heavy atom. The van der Waals surface area contributed by atoms with Crippen LogP contribution in [0.4, 0.5) is 10.5 Å². The lowest BCUT2D eigenvalue weighted by Crippen LogP contribution is -2.54. The number of hydrogen-bond acceptors (Lipinski definition) is 4. The molecule has 150 valence electrons. The van der Waals surface area contributed by atoms with Gasteiger partial charge in [0.15, 0.2) is 0 Å². The molecule has 0 bridgehead atoms. The Balaban J connectivity index is 1.97. The Bertz CT molecular complexity index is 1030. The number of rotatable bonds is 5. The first-order chi connectivity index (χ1) is 13.8. The quantitative estimate of drug-likeness (QED) is 0.545. The van der Waals surface area contributed by atoms with Gasteiger partial charge in [-0.1, -0.05) is 42.3 Å². The molecule has 0 atom stereocenters. The van der Waals surface area contributed by atoms with E-state index in [-0.39, 0.29) is 5.57 Å². The van der Waals surface area contributed by atoms with E-state index in [1.165, 1.54) is 6.08 Å². The van der Waals surface area contributed by atoms with Crippen molar-refractivity contribution in [1.29, 1.82) is 0 Å². The minimum atomic E-state index is -0.830. The molecular weight excluding hydrogens is 415 g/mol. The molecule has 0 aliphatic carbocycles.